The number of methoxy groups -OCH3 is 1. The molecule has 4 heterocycles. The Morgan fingerprint density at radius 2 is 2.30 bits per heavy atom. The molecule has 0 bridgehead atoms. The molecule has 10 nitrogen and oxygen atoms in total. The van der Waals surface area contributed by atoms with E-state index < -0.39 is 0 Å². The van der Waals surface area contributed by atoms with Crippen molar-refractivity contribution in [1.29, 1.82) is 0 Å². The summed E-state index contributed by atoms with van der Waals surface area (Å²) >= 11 is 0. The third-order valence-electron chi connectivity index (χ3n) is 4.52. The maximum Gasteiger partial charge on any atom is 0.258 e. The Morgan fingerprint density at radius 3 is 3.19 bits per heavy atom. The van der Waals surface area contributed by atoms with Gasteiger partial charge in [0.15, 0.2) is 5.82 Å². The molecule has 0 saturated carbocycles. The highest BCUT2D eigenvalue weighted by Gasteiger charge is 2.27. The molecule has 1 unspecified atom stereocenters. The van der Waals surface area contributed by atoms with E-state index >= 15 is 0 Å². The molecule has 1 aliphatic heterocycles. The summed E-state index contributed by atoms with van der Waals surface area (Å²) in [6.45, 7) is 3.62. The van der Waals surface area contributed by atoms with Gasteiger partial charge in [-0.25, -0.2) is 9.67 Å². The Bertz CT molecular complexity index is 970. The number of ether oxygens (including phenoxy) is 2. The standard InChI is InChI=1S/C17H21N7O3/c1-26-8-7-24-17(19-20-21-24)14-12-22(6-9-27-14)11-13-10-16(25)23-5-3-2-4-15(23)18-13/h2-5,10,14H,6-9,11-12H2,1H3. The van der Waals surface area contributed by atoms with Crippen LogP contribution >= 0.6 is 0 Å². The molecule has 27 heavy (non-hydrogen) atoms. The summed E-state index contributed by atoms with van der Waals surface area (Å²) in [5, 5.41) is 11.9. The van der Waals surface area contributed by atoms with E-state index in [2.05, 4.69) is 25.4 Å². The van der Waals surface area contributed by atoms with E-state index in [0.717, 1.165) is 12.2 Å². The summed E-state index contributed by atoms with van der Waals surface area (Å²) in [7, 11) is 1.64. The van der Waals surface area contributed by atoms with Gasteiger partial charge in [0.05, 0.1) is 25.5 Å². The zero-order valence-corrected chi connectivity index (χ0v) is 15.1. The van der Waals surface area contributed by atoms with Gasteiger partial charge < -0.3 is 9.47 Å². The molecular weight excluding hydrogens is 350 g/mol. The molecule has 3 aromatic heterocycles. The number of rotatable bonds is 6. The first kappa shape index (κ1) is 17.7. The highest BCUT2D eigenvalue weighted by Crippen LogP contribution is 2.21. The number of morpholine rings is 1. The van der Waals surface area contributed by atoms with Gasteiger partial charge in [-0.15, -0.1) is 5.10 Å². The lowest BCUT2D eigenvalue weighted by molar-refractivity contribution is -0.0400. The topological polar surface area (TPSA) is 99.7 Å². The van der Waals surface area contributed by atoms with Crippen LogP contribution in [-0.2, 0) is 22.6 Å². The van der Waals surface area contributed by atoms with E-state index in [9.17, 15) is 4.79 Å². The van der Waals surface area contributed by atoms with Crippen LogP contribution in [-0.4, -0.2) is 67.9 Å². The summed E-state index contributed by atoms with van der Waals surface area (Å²) in [6.07, 6.45) is 1.49. The van der Waals surface area contributed by atoms with Crippen molar-refractivity contribution in [1.82, 2.24) is 34.5 Å². The first-order valence-corrected chi connectivity index (χ1v) is 8.81. The smallest absolute Gasteiger partial charge is 0.258 e. The number of aromatic nitrogens is 6. The van der Waals surface area contributed by atoms with E-state index in [1.165, 1.54) is 4.40 Å². The fourth-order valence-corrected chi connectivity index (χ4v) is 3.19. The summed E-state index contributed by atoms with van der Waals surface area (Å²) in [6, 6.07) is 7.10. The molecule has 10 heteroatoms. The second-order valence-corrected chi connectivity index (χ2v) is 6.36. The molecular formula is C17H21N7O3. The van der Waals surface area contributed by atoms with Crippen LogP contribution in [0.5, 0.6) is 0 Å². The highest BCUT2D eigenvalue weighted by molar-refractivity contribution is 5.37. The Labute approximate surface area is 155 Å². The van der Waals surface area contributed by atoms with Gasteiger partial charge in [0.1, 0.15) is 11.8 Å². The monoisotopic (exact) mass is 371 g/mol. The van der Waals surface area contributed by atoms with Crippen LogP contribution in [0.4, 0.5) is 0 Å². The van der Waals surface area contributed by atoms with Crippen LogP contribution in [0.3, 0.4) is 0 Å². The number of hydrogen-bond donors (Lipinski definition) is 0. The largest absolute Gasteiger partial charge is 0.383 e. The molecule has 1 atom stereocenters. The van der Waals surface area contributed by atoms with Gasteiger partial charge >= 0.3 is 0 Å². The lowest BCUT2D eigenvalue weighted by Crippen LogP contribution is -2.39. The number of fused-ring (bicyclic) bond motifs is 1. The molecule has 0 aliphatic carbocycles. The summed E-state index contributed by atoms with van der Waals surface area (Å²) in [4.78, 5) is 19.1. The van der Waals surface area contributed by atoms with Gasteiger partial charge in [0.25, 0.3) is 5.56 Å². The molecule has 1 saturated heterocycles. The number of nitrogens with zero attached hydrogens (tertiary/aromatic N) is 7. The zero-order valence-electron chi connectivity index (χ0n) is 15.1. The van der Waals surface area contributed by atoms with Crippen LogP contribution in [0, 0.1) is 0 Å². The van der Waals surface area contributed by atoms with E-state index in [1.807, 2.05) is 18.2 Å². The first-order chi connectivity index (χ1) is 13.2. The van der Waals surface area contributed by atoms with Gasteiger partial charge in [-0.2, -0.15) is 0 Å². The number of hydrogen-bond acceptors (Lipinski definition) is 8. The van der Waals surface area contributed by atoms with Crippen molar-refractivity contribution >= 4 is 5.65 Å². The van der Waals surface area contributed by atoms with Crippen molar-refractivity contribution in [2.45, 2.75) is 19.2 Å². The summed E-state index contributed by atoms with van der Waals surface area (Å²) < 4.78 is 14.2. The molecule has 1 fully saturated rings. The minimum absolute atomic E-state index is 0.0797. The molecule has 3 aromatic rings. The Hall–Kier alpha value is -2.69. The average molecular weight is 371 g/mol. The van der Waals surface area contributed by atoms with E-state index in [0.29, 0.717) is 44.3 Å². The molecule has 0 spiro atoms. The van der Waals surface area contributed by atoms with Crippen LogP contribution in [0.2, 0.25) is 0 Å². The lowest BCUT2D eigenvalue weighted by Gasteiger charge is -2.31. The molecule has 4 rings (SSSR count). The fourth-order valence-electron chi connectivity index (χ4n) is 3.19. The highest BCUT2D eigenvalue weighted by atomic mass is 16.5. The first-order valence-electron chi connectivity index (χ1n) is 8.81. The maximum absolute atomic E-state index is 12.3. The SMILES string of the molecule is COCCn1nnnc1C1CN(Cc2cc(=O)n3ccccc3n2)CCO1. The molecule has 0 radical (unpaired) electrons. The second kappa shape index (κ2) is 7.91. The van der Waals surface area contributed by atoms with Crippen molar-refractivity contribution in [3.63, 3.8) is 0 Å². The minimum atomic E-state index is -0.229. The maximum atomic E-state index is 12.3. The van der Waals surface area contributed by atoms with Gasteiger partial charge in [0.2, 0.25) is 0 Å². The van der Waals surface area contributed by atoms with Crippen LogP contribution in [0.1, 0.15) is 17.6 Å². The number of tetrazole rings is 1. The Kier molecular flexibility index (Phi) is 5.19. The van der Waals surface area contributed by atoms with Gasteiger partial charge in [-0.05, 0) is 22.6 Å². The van der Waals surface area contributed by atoms with Crippen LogP contribution in [0.15, 0.2) is 35.3 Å². The third-order valence-corrected chi connectivity index (χ3v) is 4.52. The molecule has 0 aromatic carbocycles. The van der Waals surface area contributed by atoms with Crippen molar-refractivity contribution in [3.8, 4) is 0 Å². The minimum Gasteiger partial charge on any atom is -0.383 e. The predicted octanol–water partition coefficient (Wildman–Crippen LogP) is -0.0991. The van der Waals surface area contributed by atoms with Crippen LogP contribution in [0.25, 0.3) is 5.65 Å². The van der Waals surface area contributed by atoms with Crippen molar-refractivity contribution in [2.24, 2.45) is 0 Å². The fraction of sp³-hybridized carbons (Fsp3) is 0.471. The summed E-state index contributed by atoms with van der Waals surface area (Å²) in [5.74, 6) is 0.684. The molecule has 0 N–H and O–H groups in total. The Morgan fingerprint density at radius 1 is 1.37 bits per heavy atom. The molecule has 1 aliphatic rings. The number of pyridine rings is 1. The van der Waals surface area contributed by atoms with Crippen LogP contribution < -0.4 is 5.56 Å². The van der Waals surface area contributed by atoms with E-state index in [-0.39, 0.29) is 11.7 Å². The van der Waals surface area contributed by atoms with Gasteiger partial charge in [-0.3, -0.25) is 14.1 Å². The average Bonchev–Trinajstić information content (AvgIpc) is 3.15. The normalized spacial score (nSPS) is 18.2. The molecule has 142 valence electrons. The van der Waals surface area contributed by atoms with Crippen molar-refractivity contribution in [2.75, 3.05) is 33.4 Å². The quantitative estimate of drug-likeness (QED) is 0.592. The Balaban J connectivity index is 1.49. The third kappa shape index (κ3) is 3.87. The summed E-state index contributed by atoms with van der Waals surface area (Å²) in [5.41, 5.74) is 1.31. The van der Waals surface area contributed by atoms with Crippen molar-refractivity contribution < 1.29 is 9.47 Å². The predicted molar refractivity (Wildman–Crippen MR) is 95.1 cm³/mol. The zero-order chi connectivity index (χ0) is 18.6. The molecule has 0 amide bonds. The van der Waals surface area contributed by atoms with E-state index in [1.54, 1.807) is 24.1 Å². The lowest BCUT2D eigenvalue weighted by atomic mass is 10.2. The van der Waals surface area contributed by atoms with Gasteiger partial charge in [-0.1, -0.05) is 6.07 Å². The van der Waals surface area contributed by atoms with E-state index in [4.69, 9.17) is 9.47 Å². The second-order valence-electron chi connectivity index (χ2n) is 6.36. The van der Waals surface area contributed by atoms with Crippen molar-refractivity contribution in [3.05, 3.63) is 52.3 Å². The van der Waals surface area contributed by atoms with Gasteiger partial charge in [0, 0.05) is 39.0 Å².